The van der Waals surface area contributed by atoms with E-state index in [2.05, 4.69) is 31.2 Å². The fourth-order valence-electron chi connectivity index (χ4n) is 4.56. The lowest BCUT2D eigenvalue weighted by atomic mass is 10.1. The number of rotatable bonds is 13. The molecule has 4 heterocycles. The summed E-state index contributed by atoms with van der Waals surface area (Å²) in [7, 11) is -1.31. The second-order valence-electron chi connectivity index (χ2n) is 12.0. The Kier molecular flexibility index (Phi) is 9.30. The molecular formula is C30H41N5O5Si. The molecular weight excluding hydrogens is 538 g/mol. The Morgan fingerprint density at radius 2 is 1.85 bits per heavy atom. The Morgan fingerprint density at radius 1 is 1.10 bits per heavy atom. The zero-order chi connectivity index (χ0) is 29.9. The van der Waals surface area contributed by atoms with Gasteiger partial charge in [-0.25, -0.2) is 19.3 Å². The molecule has 0 saturated heterocycles. The fourth-order valence-corrected chi connectivity index (χ4v) is 5.32. The molecule has 10 nitrogen and oxygen atoms in total. The van der Waals surface area contributed by atoms with Crippen molar-refractivity contribution in [1.29, 1.82) is 0 Å². The molecule has 0 spiro atoms. The number of aromatic nitrogens is 5. The normalized spacial score (nSPS) is 13.5. The van der Waals surface area contributed by atoms with Crippen molar-refractivity contribution in [2.24, 2.45) is 0 Å². The maximum atomic E-state index is 14.0. The monoisotopic (exact) mass is 579 g/mol. The zero-order valence-electron chi connectivity index (χ0n) is 24.9. The van der Waals surface area contributed by atoms with Gasteiger partial charge in [0.05, 0.1) is 11.5 Å². The molecule has 41 heavy (non-hydrogen) atoms. The molecule has 0 aliphatic rings. The summed E-state index contributed by atoms with van der Waals surface area (Å²) < 4.78 is 16.9. The molecule has 0 aliphatic heterocycles. The van der Waals surface area contributed by atoms with Gasteiger partial charge >= 0.3 is 5.69 Å². The summed E-state index contributed by atoms with van der Waals surface area (Å²) in [6, 6.07) is 7.53. The van der Waals surface area contributed by atoms with Crippen molar-refractivity contribution in [2.75, 3.05) is 13.2 Å². The molecule has 4 aromatic rings. The number of ether oxygens (including phenoxy) is 2. The van der Waals surface area contributed by atoms with Gasteiger partial charge in [-0.3, -0.25) is 9.36 Å². The van der Waals surface area contributed by atoms with Crippen molar-refractivity contribution in [3.05, 3.63) is 69.5 Å². The minimum atomic E-state index is -1.31. The lowest BCUT2D eigenvalue weighted by molar-refractivity contribution is 0.0871. The molecule has 2 unspecified atom stereocenters. The van der Waals surface area contributed by atoms with Crippen LogP contribution in [0, 0.1) is 0 Å². The molecule has 0 radical (unpaired) electrons. The van der Waals surface area contributed by atoms with E-state index < -0.39 is 14.2 Å². The highest BCUT2D eigenvalue weighted by Crippen LogP contribution is 2.27. The maximum absolute atomic E-state index is 14.0. The van der Waals surface area contributed by atoms with Crippen molar-refractivity contribution in [1.82, 2.24) is 23.7 Å². The van der Waals surface area contributed by atoms with Crippen LogP contribution in [0.2, 0.25) is 25.7 Å². The van der Waals surface area contributed by atoms with Gasteiger partial charge in [0.2, 0.25) is 0 Å². The standard InChI is InChI=1S/C30H41N5O5Si/c1-20(2)18-40-25-12-14-31-29-27(25)35(30(38)34(29)19-39-16-17-41(5,6)7)26-11-10-23-24(37)13-15-33(28(23)32-26)21(3)8-9-22(4)36/h10-15,21-22,36H,1,8-9,16-19H2,2-7H3. The number of pyridine rings is 3. The third kappa shape index (κ3) is 7.03. The molecule has 220 valence electrons. The van der Waals surface area contributed by atoms with Crippen LogP contribution in [0.1, 0.15) is 39.7 Å². The first-order valence-corrected chi connectivity index (χ1v) is 17.7. The number of imidazole rings is 1. The molecule has 4 rings (SSSR count). The molecule has 0 aliphatic carbocycles. The van der Waals surface area contributed by atoms with Gasteiger partial charge in [0.25, 0.3) is 0 Å². The van der Waals surface area contributed by atoms with E-state index >= 15 is 0 Å². The van der Waals surface area contributed by atoms with Gasteiger partial charge in [-0.05, 0) is 57.4 Å². The van der Waals surface area contributed by atoms with Crippen molar-refractivity contribution in [2.45, 2.75) is 78.2 Å². The molecule has 2 atom stereocenters. The smallest absolute Gasteiger partial charge is 0.338 e. The minimum absolute atomic E-state index is 0.0376. The second kappa shape index (κ2) is 12.5. The van der Waals surface area contributed by atoms with Crippen LogP contribution in [-0.4, -0.2) is 56.2 Å². The van der Waals surface area contributed by atoms with E-state index in [1.807, 2.05) is 18.4 Å². The Morgan fingerprint density at radius 3 is 2.54 bits per heavy atom. The number of hydrogen-bond donors (Lipinski definition) is 1. The lowest BCUT2D eigenvalue weighted by Gasteiger charge is -2.19. The highest BCUT2D eigenvalue weighted by atomic mass is 28.3. The molecule has 0 fully saturated rings. The minimum Gasteiger partial charge on any atom is -0.487 e. The molecule has 0 amide bonds. The number of hydrogen-bond acceptors (Lipinski definition) is 7. The van der Waals surface area contributed by atoms with Crippen LogP contribution in [0.5, 0.6) is 5.75 Å². The Hall–Kier alpha value is -3.54. The number of fused-ring (bicyclic) bond motifs is 2. The predicted octanol–water partition coefficient (Wildman–Crippen LogP) is 4.89. The molecule has 4 aromatic heterocycles. The average molecular weight is 580 g/mol. The lowest BCUT2D eigenvalue weighted by Crippen LogP contribution is -2.27. The molecule has 11 heteroatoms. The van der Waals surface area contributed by atoms with E-state index in [1.54, 1.807) is 37.5 Å². The SMILES string of the molecule is C=C(C)COc1ccnc2c1n(-c1ccc3c(=O)ccn(C(C)CCC(C)O)c3n1)c(=O)n2COCC[Si](C)(C)C. The number of nitrogens with zero attached hydrogens (tertiary/aromatic N) is 5. The molecule has 0 aromatic carbocycles. The van der Waals surface area contributed by atoms with E-state index in [0.717, 1.165) is 11.6 Å². The summed E-state index contributed by atoms with van der Waals surface area (Å²) in [6.45, 7) is 17.3. The van der Waals surface area contributed by atoms with E-state index in [9.17, 15) is 14.7 Å². The van der Waals surface area contributed by atoms with Crippen molar-refractivity contribution < 1.29 is 14.6 Å². The van der Waals surface area contributed by atoms with Crippen LogP contribution in [0.25, 0.3) is 28.0 Å². The third-order valence-electron chi connectivity index (χ3n) is 6.92. The topological polar surface area (TPSA) is 113 Å². The number of aliphatic hydroxyl groups excluding tert-OH is 1. The van der Waals surface area contributed by atoms with Gasteiger partial charge in [0.1, 0.15) is 36.1 Å². The van der Waals surface area contributed by atoms with Crippen molar-refractivity contribution in [3.63, 3.8) is 0 Å². The van der Waals surface area contributed by atoms with Crippen LogP contribution >= 0.6 is 0 Å². The van der Waals surface area contributed by atoms with E-state index in [0.29, 0.717) is 53.2 Å². The van der Waals surface area contributed by atoms with Crippen LogP contribution in [0.3, 0.4) is 0 Å². The Balaban J connectivity index is 1.88. The first-order valence-electron chi connectivity index (χ1n) is 14.0. The van der Waals surface area contributed by atoms with Gasteiger partial charge in [-0.2, -0.15) is 0 Å². The quantitative estimate of drug-likeness (QED) is 0.136. The summed E-state index contributed by atoms with van der Waals surface area (Å²) in [6.07, 6.45) is 4.19. The van der Waals surface area contributed by atoms with Crippen LogP contribution in [0.4, 0.5) is 0 Å². The zero-order valence-corrected chi connectivity index (χ0v) is 25.9. The largest absolute Gasteiger partial charge is 0.487 e. The van der Waals surface area contributed by atoms with Crippen molar-refractivity contribution >= 4 is 30.3 Å². The fraction of sp³-hybridized carbons (Fsp3) is 0.467. The first kappa shape index (κ1) is 30.4. The average Bonchev–Trinajstić information content (AvgIpc) is 3.19. The second-order valence-corrected chi connectivity index (χ2v) is 17.6. The summed E-state index contributed by atoms with van der Waals surface area (Å²) in [5.41, 5.74) is 1.64. The summed E-state index contributed by atoms with van der Waals surface area (Å²) in [4.78, 5) is 36.1. The van der Waals surface area contributed by atoms with Crippen LogP contribution < -0.4 is 15.9 Å². The van der Waals surface area contributed by atoms with Gasteiger partial charge in [0.15, 0.2) is 11.1 Å². The number of aliphatic hydroxyl groups is 1. The highest BCUT2D eigenvalue weighted by molar-refractivity contribution is 6.76. The van der Waals surface area contributed by atoms with Crippen LogP contribution in [-0.2, 0) is 11.5 Å². The molecule has 1 N–H and O–H groups in total. The van der Waals surface area contributed by atoms with E-state index in [-0.39, 0.29) is 30.5 Å². The third-order valence-corrected chi connectivity index (χ3v) is 8.63. The summed E-state index contributed by atoms with van der Waals surface area (Å²) >= 11 is 0. The molecule has 0 bridgehead atoms. The van der Waals surface area contributed by atoms with Gasteiger partial charge in [-0.1, -0.05) is 26.2 Å². The summed E-state index contributed by atoms with van der Waals surface area (Å²) in [5, 5.41) is 10.3. The van der Waals surface area contributed by atoms with E-state index in [4.69, 9.17) is 14.5 Å². The summed E-state index contributed by atoms with van der Waals surface area (Å²) in [5.74, 6) is 0.803. The van der Waals surface area contributed by atoms with Gasteiger partial charge in [0, 0.05) is 45.2 Å². The van der Waals surface area contributed by atoms with Gasteiger partial charge in [-0.15, -0.1) is 0 Å². The Bertz CT molecular complexity index is 1660. The van der Waals surface area contributed by atoms with Crippen molar-refractivity contribution in [3.8, 4) is 11.6 Å². The highest BCUT2D eigenvalue weighted by Gasteiger charge is 2.22. The first-order chi connectivity index (χ1) is 19.4. The van der Waals surface area contributed by atoms with Gasteiger partial charge < -0.3 is 19.1 Å². The van der Waals surface area contributed by atoms with E-state index in [1.165, 1.54) is 15.2 Å². The Labute approximate surface area is 240 Å². The molecule has 0 saturated carbocycles. The maximum Gasteiger partial charge on any atom is 0.338 e. The van der Waals surface area contributed by atoms with Crippen LogP contribution in [0.15, 0.2) is 58.4 Å². The predicted molar refractivity (Wildman–Crippen MR) is 165 cm³/mol.